The topological polar surface area (TPSA) is 70.6 Å². The van der Waals surface area contributed by atoms with Gasteiger partial charge in [0, 0.05) is 19.6 Å². The third-order valence-corrected chi connectivity index (χ3v) is 4.72. The fourth-order valence-corrected chi connectivity index (χ4v) is 2.76. The minimum Gasteiger partial charge on any atom is -0.355 e. The van der Waals surface area contributed by atoms with Crippen molar-refractivity contribution in [2.24, 2.45) is 4.99 Å². The zero-order chi connectivity index (χ0) is 15.0. The molecule has 21 heavy (non-hydrogen) atoms. The normalized spacial score (nSPS) is 13.2. The first-order valence-corrected chi connectivity index (χ1v) is 8.39. The summed E-state index contributed by atoms with van der Waals surface area (Å²) < 4.78 is 24.2. The van der Waals surface area contributed by atoms with Gasteiger partial charge in [0.25, 0.3) is 0 Å². The van der Waals surface area contributed by atoms with E-state index in [2.05, 4.69) is 22.5 Å². The van der Waals surface area contributed by atoms with Crippen molar-refractivity contribution in [3.05, 3.63) is 30.3 Å². The molecule has 0 fully saturated rings. The van der Waals surface area contributed by atoms with Crippen LogP contribution in [-0.4, -0.2) is 39.8 Å². The lowest BCUT2D eigenvalue weighted by Crippen LogP contribution is -2.43. The number of hydrogen-bond acceptors (Lipinski definition) is 3. The maximum Gasteiger partial charge on any atom is 0.191 e. The predicted octanol–water partition coefficient (Wildman–Crippen LogP) is 2.04. The Morgan fingerprint density at radius 1 is 1.29 bits per heavy atom. The Hall–Kier alpha value is -0.830. The quantitative estimate of drug-likeness (QED) is 0.416. The zero-order valence-electron chi connectivity index (χ0n) is 12.7. The summed E-state index contributed by atoms with van der Waals surface area (Å²) in [6, 6.07) is 8.78. The number of guanidine groups is 1. The molecule has 1 unspecified atom stereocenters. The van der Waals surface area contributed by atoms with Gasteiger partial charge in [0.05, 0.1) is 10.6 Å². The number of halogens is 1. The van der Waals surface area contributed by atoms with Gasteiger partial charge in [-0.2, -0.15) is 0 Å². The van der Waals surface area contributed by atoms with E-state index in [9.17, 15) is 8.42 Å². The van der Waals surface area contributed by atoms with Crippen molar-refractivity contribution < 1.29 is 8.42 Å². The first kappa shape index (κ1) is 20.2. The van der Waals surface area contributed by atoms with Gasteiger partial charge in [0.1, 0.15) is 0 Å². The first-order chi connectivity index (χ1) is 9.49. The van der Waals surface area contributed by atoms with E-state index in [1.807, 2.05) is 6.92 Å². The molecule has 1 aromatic carbocycles. The van der Waals surface area contributed by atoms with Crippen LogP contribution in [0, 0.1) is 0 Å². The number of aliphatic imine (C=N–C) groups is 1. The Balaban J connectivity index is 0.00000400. The molecule has 7 heteroatoms. The molecule has 0 aliphatic rings. The second kappa shape index (κ2) is 9.99. The molecule has 0 spiro atoms. The summed E-state index contributed by atoms with van der Waals surface area (Å²) in [5, 5.41) is 6.21. The van der Waals surface area contributed by atoms with Crippen molar-refractivity contribution in [1.29, 1.82) is 0 Å². The highest BCUT2D eigenvalue weighted by molar-refractivity contribution is 14.0. The number of sulfone groups is 1. The van der Waals surface area contributed by atoms with E-state index in [1.165, 1.54) is 0 Å². The van der Waals surface area contributed by atoms with E-state index >= 15 is 0 Å². The summed E-state index contributed by atoms with van der Waals surface area (Å²) in [4.78, 5) is 4.42. The minimum atomic E-state index is -3.24. The second-order valence-corrected chi connectivity index (χ2v) is 6.69. The summed E-state index contributed by atoms with van der Waals surface area (Å²) >= 11 is 0. The van der Waals surface area contributed by atoms with E-state index in [-0.39, 0.29) is 29.7 Å². The molecule has 0 radical (unpaired) electrons. The Bertz CT molecular complexity index is 532. The number of benzene rings is 1. The van der Waals surface area contributed by atoms with E-state index < -0.39 is 9.84 Å². The molecule has 1 rings (SSSR count). The standard InChI is InChI=1S/C14H23N3O2S.HI/c1-4-12(2)17-14(15-3)16-10-11-20(18,19)13-8-6-5-7-9-13;/h5-9,12H,4,10-11H2,1-3H3,(H2,15,16,17);1H. The summed E-state index contributed by atoms with van der Waals surface area (Å²) in [5.74, 6) is 0.667. The second-order valence-electron chi connectivity index (χ2n) is 4.58. The molecule has 0 aliphatic carbocycles. The molecule has 5 nitrogen and oxygen atoms in total. The van der Waals surface area contributed by atoms with Gasteiger partial charge in [-0.25, -0.2) is 8.42 Å². The average molecular weight is 425 g/mol. The third-order valence-electron chi connectivity index (χ3n) is 2.98. The predicted molar refractivity (Wildman–Crippen MR) is 98.2 cm³/mol. The van der Waals surface area contributed by atoms with Crippen molar-refractivity contribution >= 4 is 39.8 Å². The van der Waals surface area contributed by atoms with Gasteiger partial charge in [0.2, 0.25) is 0 Å². The number of rotatable bonds is 6. The molecule has 0 aromatic heterocycles. The highest BCUT2D eigenvalue weighted by Gasteiger charge is 2.13. The molecular weight excluding hydrogens is 401 g/mol. The highest BCUT2D eigenvalue weighted by Crippen LogP contribution is 2.09. The summed E-state index contributed by atoms with van der Waals surface area (Å²) in [6.07, 6.45) is 0.975. The van der Waals surface area contributed by atoms with E-state index in [0.717, 1.165) is 6.42 Å². The van der Waals surface area contributed by atoms with E-state index in [4.69, 9.17) is 0 Å². The molecule has 2 N–H and O–H groups in total. The molecular formula is C14H24IN3O2S. The smallest absolute Gasteiger partial charge is 0.191 e. The van der Waals surface area contributed by atoms with Crippen LogP contribution in [0.5, 0.6) is 0 Å². The molecule has 1 aromatic rings. The van der Waals surface area contributed by atoms with Crippen molar-refractivity contribution in [1.82, 2.24) is 10.6 Å². The summed E-state index contributed by atoms with van der Waals surface area (Å²) in [6.45, 7) is 4.45. The number of nitrogens with zero attached hydrogens (tertiary/aromatic N) is 1. The summed E-state index contributed by atoms with van der Waals surface area (Å²) in [7, 11) is -1.57. The molecule has 0 bridgehead atoms. The lowest BCUT2D eigenvalue weighted by molar-refractivity contribution is 0.593. The molecule has 0 saturated heterocycles. The van der Waals surface area contributed by atoms with Gasteiger partial charge in [-0.1, -0.05) is 25.1 Å². The average Bonchev–Trinajstić information content (AvgIpc) is 2.46. The van der Waals surface area contributed by atoms with Crippen LogP contribution in [0.3, 0.4) is 0 Å². The molecule has 0 heterocycles. The Kier molecular flexibility index (Phi) is 9.60. The van der Waals surface area contributed by atoms with Crippen LogP contribution in [0.2, 0.25) is 0 Å². The third kappa shape index (κ3) is 7.12. The van der Waals surface area contributed by atoms with Crippen LogP contribution in [0.15, 0.2) is 40.2 Å². The van der Waals surface area contributed by atoms with Gasteiger partial charge in [-0.05, 0) is 25.5 Å². The lowest BCUT2D eigenvalue weighted by atomic mass is 10.3. The first-order valence-electron chi connectivity index (χ1n) is 6.74. The van der Waals surface area contributed by atoms with E-state index in [0.29, 0.717) is 23.4 Å². The van der Waals surface area contributed by atoms with Crippen LogP contribution in [0.25, 0.3) is 0 Å². The maximum absolute atomic E-state index is 12.1. The van der Waals surface area contributed by atoms with Gasteiger partial charge >= 0.3 is 0 Å². The Morgan fingerprint density at radius 2 is 1.90 bits per heavy atom. The van der Waals surface area contributed by atoms with Crippen molar-refractivity contribution in [2.75, 3.05) is 19.3 Å². The fraction of sp³-hybridized carbons (Fsp3) is 0.500. The fourth-order valence-electron chi connectivity index (χ4n) is 1.58. The van der Waals surface area contributed by atoms with Crippen molar-refractivity contribution in [2.45, 2.75) is 31.2 Å². The van der Waals surface area contributed by atoms with Crippen molar-refractivity contribution in [3.63, 3.8) is 0 Å². The van der Waals surface area contributed by atoms with Crippen LogP contribution in [0.1, 0.15) is 20.3 Å². The molecule has 1 atom stereocenters. The lowest BCUT2D eigenvalue weighted by Gasteiger charge is -2.16. The Morgan fingerprint density at radius 3 is 2.43 bits per heavy atom. The van der Waals surface area contributed by atoms with Gasteiger partial charge in [0.15, 0.2) is 15.8 Å². The van der Waals surface area contributed by atoms with Gasteiger partial charge < -0.3 is 10.6 Å². The number of nitrogens with one attached hydrogen (secondary N) is 2. The molecule has 0 aliphatic heterocycles. The SMILES string of the molecule is CCC(C)NC(=NC)NCCS(=O)(=O)c1ccccc1.I. The molecule has 0 saturated carbocycles. The summed E-state index contributed by atoms with van der Waals surface area (Å²) in [5.41, 5.74) is 0. The van der Waals surface area contributed by atoms with Gasteiger partial charge in [-0.3, -0.25) is 4.99 Å². The molecule has 120 valence electrons. The largest absolute Gasteiger partial charge is 0.355 e. The maximum atomic E-state index is 12.1. The van der Waals surface area contributed by atoms with E-state index in [1.54, 1.807) is 37.4 Å². The van der Waals surface area contributed by atoms with Crippen LogP contribution in [0.4, 0.5) is 0 Å². The van der Waals surface area contributed by atoms with Crippen LogP contribution >= 0.6 is 24.0 Å². The van der Waals surface area contributed by atoms with Crippen LogP contribution in [-0.2, 0) is 9.84 Å². The Labute approximate surface area is 144 Å². The molecule has 0 amide bonds. The van der Waals surface area contributed by atoms with Crippen molar-refractivity contribution in [3.8, 4) is 0 Å². The number of hydrogen-bond donors (Lipinski definition) is 2. The van der Waals surface area contributed by atoms with Crippen LogP contribution < -0.4 is 10.6 Å². The van der Waals surface area contributed by atoms with Gasteiger partial charge in [-0.15, -0.1) is 24.0 Å². The zero-order valence-corrected chi connectivity index (χ0v) is 15.8. The monoisotopic (exact) mass is 425 g/mol. The highest BCUT2D eigenvalue weighted by atomic mass is 127. The minimum absolute atomic E-state index is 0.